The van der Waals surface area contributed by atoms with E-state index in [1.807, 2.05) is 0 Å². The molecule has 3 heterocycles. The van der Waals surface area contributed by atoms with Crippen LogP contribution in [0.5, 0.6) is 0 Å². The average Bonchev–Trinajstić information content (AvgIpc) is 2.50. The molecule has 0 radical (unpaired) electrons. The maximum Gasteiger partial charge on any atom is 0.341 e. The number of rotatable bonds is 3. The minimum absolute atomic E-state index is 0.0396. The number of urea groups is 1. The van der Waals surface area contributed by atoms with Crippen molar-refractivity contribution in [1.29, 1.82) is 0 Å². The fourth-order valence-electron chi connectivity index (χ4n) is 3.80. The van der Waals surface area contributed by atoms with Gasteiger partial charge in [-0.1, -0.05) is 6.92 Å². The molecule has 4 aliphatic rings. The lowest BCUT2D eigenvalue weighted by atomic mass is 9.91. The molecule has 120 valence electrons. The highest BCUT2D eigenvalue weighted by Crippen LogP contribution is 2.32. The van der Waals surface area contributed by atoms with Crippen LogP contribution in [-0.2, 0) is 4.84 Å². The molecule has 0 aromatic heterocycles. The van der Waals surface area contributed by atoms with E-state index in [0.717, 1.165) is 51.2 Å². The molecular weight excluding hydrogens is 266 g/mol. The van der Waals surface area contributed by atoms with Crippen LogP contribution in [0.1, 0.15) is 52.4 Å². The fraction of sp³-hybridized carbons (Fsp3) is 0.938. The molecule has 0 spiro atoms. The monoisotopic (exact) mass is 295 g/mol. The highest BCUT2D eigenvalue weighted by Gasteiger charge is 2.38. The molecule has 2 amide bonds. The van der Waals surface area contributed by atoms with Gasteiger partial charge in [0.05, 0.1) is 12.1 Å². The number of hydrogen-bond acceptors (Lipinski definition) is 3. The van der Waals surface area contributed by atoms with Crippen LogP contribution in [0.2, 0.25) is 0 Å². The molecule has 0 aromatic carbocycles. The smallest absolute Gasteiger partial charge is 0.332 e. The maximum absolute atomic E-state index is 12.4. The number of nitrogens with one attached hydrogen (secondary N) is 1. The normalized spacial score (nSPS) is 32.2. The van der Waals surface area contributed by atoms with Gasteiger partial charge in [0.1, 0.15) is 0 Å². The van der Waals surface area contributed by atoms with E-state index in [1.165, 1.54) is 12.8 Å². The summed E-state index contributed by atoms with van der Waals surface area (Å²) in [5.74, 6) is 0.850. The van der Waals surface area contributed by atoms with E-state index in [4.69, 9.17) is 4.84 Å². The van der Waals surface area contributed by atoms with Crippen molar-refractivity contribution in [2.24, 2.45) is 5.92 Å². The van der Waals surface area contributed by atoms with E-state index in [2.05, 4.69) is 24.1 Å². The topological polar surface area (TPSA) is 44.8 Å². The van der Waals surface area contributed by atoms with Gasteiger partial charge in [-0.3, -0.25) is 4.84 Å². The first-order chi connectivity index (χ1) is 10.1. The molecular formula is C16H29N3O2. The summed E-state index contributed by atoms with van der Waals surface area (Å²) < 4.78 is 0. The summed E-state index contributed by atoms with van der Waals surface area (Å²) in [5, 5.41) is 4.73. The minimum atomic E-state index is -0.0396. The summed E-state index contributed by atoms with van der Waals surface area (Å²) in [5.41, 5.74) is 0. The molecule has 0 aromatic rings. The Hall–Kier alpha value is -0.810. The van der Waals surface area contributed by atoms with Gasteiger partial charge in [-0.25, -0.2) is 4.79 Å². The molecule has 21 heavy (non-hydrogen) atoms. The second kappa shape index (κ2) is 6.53. The molecule has 4 fully saturated rings. The van der Waals surface area contributed by atoms with Crippen LogP contribution in [0.4, 0.5) is 4.79 Å². The number of fused-ring (bicyclic) bond motifs is 3. The molecule has 1 aliphatic carbocycles. The van der Waals surface area contributed by atoms with Crippen LogP contribution in [0, 0.1) is 5.92 Å². The number of hydrogen-bond donors (Lipinski definition) is 1. The second-order valence-corrected chi connectivity index (χ2v) is 7.20. The first-order valence-electron chi connectivity index (χ1n) is 8.60. The third kappa shape index (κ3) is 3.69. The van der Waals surface area contributed by atoms with E-state index in [9.17, 15) is 4.79 Å². The van der Waals surface area contributed by atoms with Gasteiger partial charge in [0.2, 0.25) is 0 Å². The van der Waals surface area contributed by atoms with Gasteiger partial charge in [-0.15, -0.1) is 0 Å². The molecule has 4 rings (SSSR count). The Labute approximate surface area is 127 Å². The first-order valence-corrected chi connectivity index (χ1v) is 8.60. The van der Waals surface area contributed by atoms with Crippen molar-refractivity contribution in [1.82, 2.24) is 15.3 Å². The van der Waals surface area contributed by atoms with Gasteiger partial charge in [-0.05, 0) is 64.5 Å². The van der Waals surface area contributed by atoms with Crippen molar-refractivity contribution in [3.63, 3.8) is 0 Å². The number of hydroxylamine groups is 2. The van der Waals surface area contributed by atoms with E-state index in [0.29, 0.717) is 0 Å². The van der Waals surface area contributed by atoms with Crippen molar-refractivity contribution in [2.45, 2.75) is 70.6 Å². The van der Waals surface area contributed by atoms with Crippen LogP contribution in [0.25, 0.3) is 0 Å². The quantitative estimate of drug-likeness (QED) is 0.869. The van der Waals surface area contributed by atoms with Crippen molar-refractivity contribution in [3.8, 4) is 0 Å². The van der Waals surface area contributed by atoms with E-state index < -0.39 is 0 Å². The summed E-state index contributed by atoms with van der Waals surface area (Å²) in [6.07, 6.45) is 7.22. The lowest BCUT2D eigenvalue weighted by Gasteiger charge is -2.44. The SMILES string of the molecule is CC1CCN(CC(C)NC(=O)N2OC3CCC2CC3)CC1. The standard InChI is InChI=1S/C16H29N3O2/c1-12-7-9-18(10-8-12)11-13(2)17-16(20)19-14-3-5-15(21-19)6-4-14/h12-15H,3-11H2,1-2H3,(H,17,20). The Morgan fingerprint density at radius 1 is 1.19 bits per heavy atom. The van der Waals surface area contributed by atoms with E-state index in [1.54, 1.807) is 5.06 Å². The maximum atomic E-state index is 12.4. The van der Waals surface area contributed by atoms with Crippen LogP contribution >= 0.6 is 0 Å². The molecule has 2 bridgehead atoms. The van der Waals surface area contributed by atoms with Gasteiger partial charge in [0.15, 0.2) is 0 Å². The Bertz CT molecular complexity index is 361. The molecule has 3 saturated heterocycles. The van der Waals surface area contributed by atoms with E-state index >= 15 is 0 Å². The minimum Gasteiger partial charge on any atom is -0.332 e. The third-order valence-corrected chi connectivity index (χ3v) is 5.22. The van der Waals surface area contributed by atoms with Crippen LogP contribution in [-0.4, -0.2) is 53.8 Å². The molecule has 3 aliphatic heterocycles. The predicted octanol–water partition coefficient (Wildman–Crippen LogP) is 2.37. The number of likely N-dealkylation sites (tertiary alicyclic amines) is 1. The van der Waals surface area contributed by atoms with Crippen molar-refractivity contribution in [2.75, 3.05) is 19.6 Å². The Morgan fingerprint density at radius 3 is 2.43 bits per heavy atom. The average molecular weight is 295 g/mol. The summed E-state index contributed by atoms with van der Waals surface area (Å²) in [7, 11) is 0. The largest absolute Gasteiger partial charge is 0.341 e. The lowest BCUT2D eigenvalue weighted by Crippen LogP contribution is -2.56. The number of amides is 2. The Kier molecular flexibility index (Phi) is 4.69. The van der Waals surface area contributed by atoms with Gasteiger partial charge in [0, 0.05) is 12.6 Å². The zero-order valence-electron chi connectivity index (χ0n) is 13.4. The summed E-state index contributed by atoms with van der Waals surface area (Å²) in [6, 6.07) is 0.426. The highest BCUT2D eigenvalue weighted by molar-refractivity contribution is 5.73. The van der Waals surface area contributed by atoms with Crippen molar-refractivity contribution >= 4 is 6.03 Å². The van der Waals surface area contributed by atoms with Crippen LogP contribution < -0.4 is 5.32 Å². The summed E-state index contributed by atoms with van der Waals surface area (Å²) in [4.78, 5) is 20.6. The van der Waals surface area contributed by atoms with Gasteiger partial charge in [-0.2, -0.15) is 5.06 Å². The van der Waals surface area contributed by atoms with Crippen molar-refractivity contribution < 1.29 is 9.63 Å². The Morgan fingerprint density at radius 2 is 1.86 bits per heavy atom. The third-order valence-electron chi connectivity index (χ3n) is 5.22. The molecule has 1 unspecified atom stereocenters. The predicted molar refractivity (Wildman–Crippen MR) is 81.8 cm³/mol. The second-order valence-electron chi connectivity index (χ2n) is 7.20. The van der Waals surface area contributed by atoms with Crippen LogP contribution in [0.3, 0.4) is 0 Å². The first kappa shape index (κ1) is 15.1. The lowest BCUT2D eigenvalue weighted by molar-refractivity contribution is -0.240. The highest BCUT2D eigenvalue weighted by atomic mass is 16.7. The molecule has 1 saturated carbocycles. The Balaban J connectivity index is 1.44. The number of nitrogens with zero attached hydrogens (tertiary/aromatic N) is 2. The number of piperidine rings is 1. The summed E-state index contributed by atoms with van der Waals surface area (Å²) >= 11 is 0. The number of carbonyl (C=O) groups is 1. The number of carbonyl (C=O) groups excluding carboxylic acids is 1. The van der Waals surface area contributed by atoms with Crippen molar-refractivity contribution in [3.05, 3.63) is 0 Å². The zero-order valence-corrected chi connectivity index (χ0v) is 13.4. The molecule has 5 heteroatoms. The van der Waals surface area contributed by atoms with E-state index in [-0.39, 0.29) is 24.2 Å². The van der Waals surface area contributed by atoms with Gasteiger partial charge >= 0.3 is 6.03 Å². The molecule has 5 nitrogen and oxygen atoms in total. The van der Waals surface area contributed by atoms with Gasteiger partial charge < -0.3 is 10.2 Å². The zero-order chi connectivity index (χ0) is 14.8. The summed E-state index contributed by atoms with van der Waals surface area (Å²) in [6.45, 7) is 7.68. The van der Waals surface area contributed by atoms with Crippen LogP contribution in [0.15, 0.2) is 0 Å². The van der Waals surface area contributed by atoms with Gasteiger partial charge in [0.25, 0.3) is 0 Å². The molecule has 1 atom stereocenters. The fourth-order valence-corrected chi connectivity index (χ4v) is 3.80. The molecule has 1 N–H and O–H groups in total.